The Morgan fingerprint density at radius 2 is 1.14 bits per heavy atom. The van der Waals surface area contributed by atoms with E-state index in [0.29, 0.717) is 0 Å². The van der Waals surface area contributed by atoms with Crippen LogP contribution in [0.15, 0.2) is 121 Å². The molecule has 2 aliphatic rings. The molecule has 0 saturated carbocycles. The van der Waals surface area contributed by atoms with Crippen molar-refractivity contribution >= 4 is 29.6 Å². The third kappa shape index (κ3) is 4.52. The molecular weight excluding hydrogens is 525 g/mol. The van der Waals surface area contributed by atoms with E-state index in [1.54, 1.807) is 0 Å². The molecule has 0 bridgehead atoms. The third-order valence-corrected chi connectivity index (χ3v) is 9.71. The summed E-state index contributed by atoms with van der Waals surface area (Å²) in [5.41, 5.74) is 11.2. The summed E-state index contributed by atoms with van der Waals surface area (Å²) in [4.78, 5) is 2.40. The first kappa shape index (κ1) is 27.7. The van der Waals surface area contributed by atoms with Gasteiger partial charge < -0.3 is 14.2 Å². The van der Waals surface area contributed by atoms with Gasteiger partial charge in [-0.15, -0.1) is 0 Å². The Morgan fingerprint density at radius 1 is 0.535 bits per heavy atom. The van der Waals surface area contributed by atoms with E-state index < -0.39 is 7.12 Å². The summed E-state index contributed by atoms with van der Waals surface area (Å²) in [6.07, 6.45) is 0. The lowest BCUT2D eigenvalue weighted by atomic mass is 9.79. The topological polar surface area (TPSA) is 21.7 Å². The van der Waals surface area contributed by atoms with Crippen molar-refractivity contribution < 1.29 is 9.31 Å². The molecule has 1 aliphatic heterocycles. The van der Waals surface area contributed by atoms with E-state index in [2.05, 4.69) is 168 Å². The van der Waals surface area contributed by atoms with E-state index in [1.165, 1.54) is 39.1 Å². The molecule has 0 spiro atoms. The Hall–Kier alpha value is -4.12. The number of hydrogen-bond acceptors (Lipinski definition) is 3. The Bertz CT molecular complexity index is 1790. The summed E-state index contributed by atoms with van der Waals surface area (Å²) in [7, 11) is -0.400. The molecule has 43 heavy (non-hydrogen) atoms. The fourth-order valence-corrected chi connectivity index (χ4v) is 6.56. The average molecular weight is 564 g/mol. The molecule has 0 aromatic heterocycles. The molecule has 1 saturated heterocycles. The molecule has 0 amide bonds. The highest BCUT2D eigenvalue weighted by Crippen LogP contribution is 2.54. The van der Waals surface area contributed by atoms with Gasteiger partial charge in [0, 0.05) is 22.4 Å². The van der Waals surface area contributed by atoms with Gasteiger partial charge in [0.05, 0.1) is 16.9 Å². The number of benzene rings is 5. The first-order valence-corrected chi connectivity index (χ1v) is 15.2. The van der Waals surface area contributed by atoms with Gasteiger partial charge in [-0.25, -0.2) is 0 Å². The molecule has 214 valence electrons. The largest absolute Gasteiger partial charge is 0.494 e. The van der Waals surface area contributed by atoms with E-state index in [0.717, 1.165) is 16.8 Å². The van der Waals surface area contributed by atoms with Gasteiger partial charge >= 0.3 is 7.12 Å². The van der Waals surface area contributed by atoms with E-state index in [9.17, 15) is 0 Å². The van der Waals surface area contributed by atoms with Crippen molar-refractivity contribution in [2.75, 3.05) is 4.90 Å². The maximum atomic E-state index is 6.37. The lowest BCUT2D eigenvalue weighted by molar-refractivity contribution is 0.00578. The van der Waals surface area contributed by atoms with Crippen molar-refractivity contribution in [3.8, 4) is 22.3 Å². The molecular formula is C39H38BNO2. The number of rotatable bonds is 5. The van der Waals surface area contributed by atoms with Crippen molar-refractivity contribution in [2.45, 2.75) is 58.2 Å². The SMILES string of the molecule is CC1(C)c2ccccc2-c2c(N(c3ccc(B4OC(C)(C)C(C)(C)O4)cc3)c3cccc(-c4ccccc4)c3)cccc21. The smallest absolute Gasteiger partial charge is 0.399 e. The normalized spacial score (nSPS) is 17.4. The van der Waals surface area contributed by atoms with E-state index in [4.69, 9.17) is 9.31 Å². The van der Waals surface area contributed by atoms with Crippen molar-refractivity contribution in [1.82, 2.24) is 0 Å². The lowest BCUT2D eigenvalue weighted by Gasteiger charge is -2.32. The maximum absolute atomic E-state index is 6.37. The first-order chi connectivity index (χ1) is 20.6. The Kier molecular flexibility index (Phi) is 6.43. The summed E-state index contributed by atoms with van der Waals surface area (Å²) >= 11 is 0. The van der Waals surface area contributed by atoms with Crippen LogP contribution >= 0.6 is 0 Å². The molecule has 0 radical (unpaired) electrons. The molecule has 5 aromatic rings. The molecule has 1 fully saturated rings. The number of nitrogens with zero attached hydrogens (tertiary/aromatic N) is 1. The Morgan fingerprint density at radius 3 is 1.86 bits per heavy atom. The summed E-state index contributed by atoms with van der Waals surface area (Å²) in [5.74, 6) is 0. The van der Waals surface area contributed by atoms with Crippen molar-refractivity contribution in [3.05, 3.63) is 132 Å². The third-order valence-electron chi connectivity index (χ3n) is 9.71. The maximum Gasteiger partial charge on any atom is 0.494 e. The van der Waals surface area contributed by atoms with Gasteiger partial charge in [-0.1, -0.05) is 105 Å². The van der Waals surface area contributed by atoms with E-state index >= 15 is 0 Å². The van der Waals surface area contributed by atoms with Crippen LogP contribution in [0.5, 0.6) is 0 Å². The second kappa shape index (κ2) is 9.97. The lowest BCUT2D eigenvalue weighted by Crippen LogP contribution is -2.41. The number of hydrogen-bond donors (Lipinski definition) is 0. The quantitative estimate of drug-likeness (QED) is 0.199. The van der Waals surface area contributed by atoms with Crippen LogP contribution in [0.1, 0.15) is 52.7 Å². The van der Waals surface area contributed by atoms with Gasteiger partial charge in [0.15, 0.2) is 0 Å². The van der Waals surface area contributed by atoms with E-state index in [-0.39, 0.29) is 16.6 Å². The van der Waals surface area contributed by atoms with Gasteiger partial charge in [0.25, 0.3) is 0 Å². The molecule has 1 aliphatic carbocycles. The molecule has 0 atom stereocenters. The summed E-state index contributed by atoms with van der Waals surface area (Å²) in [6, 6.07) is 43.7. The van der Waals surface area contributed by atoms with Gasteiger partial charge in [-0.2, -0.15) is 0 Å². The van der Waals surface area contributed by atoms with Crippen LogP contribution in [-0.2, 0) is 14.7 Å². The van der Waals surface area contributed by atoms with Crippen LogP contribution in [0.25, 0.3) is 22.3 Å². The molecule has 0 N–H and O–H groups in total. The van der Waals surface area contributed by atoms with Crippen LogP contribution in [-0.4, -0.2) is 18.3 Å². The highest BCUT2D eigenvalue weighted by molar-refractivity contribution is 6.62. The molecule has 0 unspecified atom stereocenters. The summed E-state index contributed by atoms with van der Waals surface area (Å²) in [6.45, 7) is 13.1. The van der Waals surface area contributed by atoms with Gasteiger partial charge in [0.1, 0.15) is 0 Å². The molecule has 5 aromatic carbocycles. The second-order valence-corrected chi connectivity index (χ2v) is 13.3. The monoisotopic (exact) mass is 563 g/mol. The highest BCUT2D eigenvalue weighted by Gasteiger charge is 2.51. The zero-order valence-corrected chi connectivity index (χ0v) is 25.9. The van der Waals surface area contributed by atoms with Crippen molar-refractivity contribution in [3.63, 3.8) is 0 Å². The van der Waals surface area contributed by atoms with Gasteiger partial charge in [-0.05, 0) is 91.3 Å². The Labute approximate surface area is 256 Å². The van der Waals surface area contributed by atoms with E-state index in [1.807, 2.05) is 0 Å². The fraction of sp³-hybridized carbons (Fsp3) is 0.231. The Balaban J connectivity index is 1.39. The van der Waals surface area contributed by atoms with Crippen molar-refractivity contribution in [1.29, 1.82) is 0 Å². The van der Waals surface area contributed by atoms with Gasteiger partial charge in [-0.3, -0.25) is 0 Å². The highest BCUT2D eigenvalue weighted by atomic mass is 16.7. The van der Waals surface area contributed by atoms with Crippen molar-refractivity contribution in [2.24, 2.45) is 0 Å². The minimum absolute atomic E-state index is 0.0832. The van der Waals surface area contributed by atoms with Crippen LogP contribution in [0.2, 0.25) is 0 Å². The summed E-state index contributed by atoms with van der Waals surface area (Å²) in [5, 5.41) is 0. The molecule has 3 nitrogen and oxygen atoms in total. The minimum atomic E-state index is -0.400. The minimum Gasteiger partial charge on any atom is -0.399 e. The number of fused-ring (bicyclic) bond motifs is 3. The summed E-state index contributed by atoms with van der Waals surface area (Å²) < 4.78 is 12.7. The standard InChI is InChI=1S/C39H38BNO2/c1-37(2)33-19-11-10-18-32(33)36-34(37)20-13-21-35(36)41(31-17-12-16-28(26-31)27-14-8-7-9-15-27)30-24-22-29(23-25-30)40-42-38(3,4)39(5,6)43-40/h7-26H,1-6H3. The zero-order chi connectivity index (χ0) is 30.0. The molecule has 1 heterocycles. The average Bonchev–Trinajstić information content (AvgIpc) is 3.38. The van der Waals surface area contributed by atoms with Gasteiger partial charge in [0.2, 0.25) is 0 Å². The predicted octanol–water partition coefficient (Wildman–Crippen LogP) is 9.43. The number of anilines is 3. The van der Waals surface area contributed by atoms with Crippen LogP contribution in [0.4, 0.5) is 17.1 Å². The zero-order valence-electron chi connectivity index (χ0n) is 25.9. The molecule has 7 rings (SSSR count). The molecule has 4 heteroatoms. The fourth-order valence-electron chi connectivity index (χ4n) is 6.56. The van der Waals surface area contributed by atoms with Crippen LogP contribution < -0.4 is 10.4 Å². The van der Waals surface area contributed by atoms with Crippen LogP contribution in [0, 0.1) is 0 Å². The first-order valence-electron chi connectivity index (χ1n) is 15.2. The van der Waals surface area contributed by atoms with Crippen LogP contribution in [0.3, 0.4) is 0 Å². The second-order valence-electron chi connectivity index (χ2n) is 13.3. The predicted molar refractivity (Wildman–Crippen MR) is 180 cm³/mol.